The van der Waals surface area contributed by atoms with Crippen molar-refractivity contribution >= 4 is 22.4 Å². The third-order valence-corrected chi connectivity index (χ3v) is 3.62. The average molecular weight is 312 g/mol. The van der Waals surface area contributed by atoms with E-state index >= 15 is 0 Å². The van der Waals surface area contributed by atoms with Crippen LogP contribution >= 0.6 is 0 Å². The minimum atomic E-state index is -0.589. The average Bonchev–Trinajstić information content (AvgIpc) is 2.91. The fraction of sp³-hybridized carbons (Fsp3) is 0.200. The Hall–Kier alpha value is -3.16. The molecule has 8 nitrogen and oxygen atoms in total. The van der Waals surface area contributed by atoms with Crippen LogP contribution in [0.2, 0.25) is 0 Å². The van der Waals surface area contributed by atoms with Gasteiger partial charge in [-0.3, -0.25) is 0 Å². The molecule has 8 heteroatoms. The van der Waals surface area contributed by atoms with Crippen molar-refractivity contribution < 1.29 is 13.9 Å². The molecule has 0 amide bonds. The van der Waals surface area contributed by atoms with E-state index in [1.165, 1.54) is 10.9 Å². The van der Waals surface area contributed by atoms with E-state index in [0.717, 1.165) is 5.56 Å². The molecule has 0 fully saturated rings. The van der Waals surface area contributed by atoms with Crippen molar-refractivity contribution in [2.75, 3.05) is 5.73 Å². The molecule has 0 aliphatic carbocycles. The van der Waals surface area contributed by atoms with Gasteiger partial charge in [0.1, 0.15) is 33.8 Å². The number of benzene rings is 1. The second-order valence-corrected chi connectivity index (χ2v) is 5.93. The number of rotatable bonds is 1. The molecule has 0 bridgehead atoms. The summed E-state index contributed by atoms with van der Waals surface area (Å²) in [5.74, 6) is 0.611. The van der Waals surface area contributed by atoms with Crippen molar-refractivity contribution in [3.8, 4) is 5.75 Å². The number of nitrogens with two attached hydrogens (primary N) is 1. The first-order chi connectivity index (χ1) is 10.9. The van der Waals surface area contributed by atoms with Crippen molar-refractivity contribution in [3.63, 3.8) is 0 Å². The van der Waals surface area contributed by atoms with Gasteiger partial charge in [0.2, 0.25) is 0 Å². The number of aromatic nitrogens is 4. The highest BCUT2D eigenvalue weighted by Gasteiger charge is 2.31. The summed E-state index contributed by atoms with van der Waals surface area (Å²) in [4.78, 5) is 12.2. The Balaban J connectivity index is 2.01. The van der Waals surface area contributed by atoms with Crippen molar-refractivity contribution in [2.24, 2.45) is 0 Å². The van der Waals surface area contributed by atoms with Gasteiger partial charge in [-0.25, -0.2) is 4.63 Å². The lowest BCUT2D eigenvalue weighted by atomic mass is 9.98. The predicted octanol–water partition coefficient (Wildman–Crippen LogP) is 1.58. The highest BCUT2D eigenvalue weighted by molar-refractivity contribution is 5.84. The van der Waals surface area contributed by atoms with E-state index in [2.05, 4.69) is 10.3 Å². The normalized spacial score (nSPS) is 15.8. The Labute approximate surface area is 130 Å². The monoisotopic (exact) mass is 312 g/mol. The first-order valence-electron chi connectivity index (χ1n) is 7.02. The summed E-state index contributed by atoms with van der Waals surface area (Å²) in [5.41, 5.74) is 8.05. The summed E-state index contributed by atoms with van der Waals surface area (Å²) in [6, 6.07) is 5.20. The second-order valence-electron chi connectivity index (χ2n) is 5.93. The molecule has 2 aromatic heterocycles. The van der Waals surface area contributed by atoms with Crippen LogP contribution in [0.25, 0.3) is 16.7 Å². The van der Waals surface area contributed by atoms with Gasteiger partial charge in [-0.1, -0.05) is 4.68 Å². The molecule has 116 valence electrons. The van der Waals surface area contributed by atoms with Crippen molar-refractivity contribution in [3.05, 3.63) is 47.1 Å². The molecule has 23 heavy (non-hydrogen) atoms. The van der Waals surface area contributed by atoms with Gasteiger partial charge in [0, 0.05) is 11.6 Å². The molecular weight excluding hydrogens is 298 g/mol. The first-order valence-corrected chi connectivity index (χ1v) is 7.02. The molecule has 1 aliphatic heterocycles. The summed E-state index contributed by atoms with van der Waals surface area (Å²) >= 11 is 0. The van der Waals surface area contributed by atoms with E-state index in [9.17, 15) is 4.91 Å². The Bertz CT molecular complexity index is 1020. The number of nitrogen functional groups attached to an aromatic ring is 1. The summed E-state index contributed by atoms with van der Waals surface area (Å²) < 4.78 is 12.9. The highest BCUT2D eigenvalue weighted by Crippen LogP contribution is 2.38. The fourth-order valence-electron chi connectivity index (χ4n) is 2.65. The third-order valence-electron chi connectivity index (χ3n) is 3.62. The molecule has 0 saturated heterocycles. The molecular formula is C15H14N5O3+. The van der Waals surface area contributed by atoms with Gasteiger partial charge in [0.25, 0.3) is 6.20 Å². The molecule has 3 heterocycles. The predicted molar refractivity (Wildman–Crippen MR) is 82.1 cm³/mol. The number of hydrogen-bond acceptors (Lipinski definition) is 6. The number of ether oxygens (including phenoxy) is 1. The van der Waals surface area contributed by atoms with Crippen LogP contribution in [-0.2, 0) is 0 Å². The SMILES string of the molecule is CC1(C)C=C(n2ccc(N)c[n+]2=O)c2cc3nonc3cc2O1. The Morgan fingerprint density at radius 1 is 1.26 bits per heavy atom. The van der Waals surface area contributed by atoms with E-state index in [4.69, 9.17) is 15.1 Å². The quantitative estimate of drug-likeness (QED) is 0.684. The van der Waals surface area contributed by atoms with Crippen LogP contribution in [0.3, 0.4) is 0 Å². The number of hydrogen-bond donors (Lipinski definition) is 1. The fourth-order valence-corrected chi connectivity index (χ4v) is 2.65. The summed E-state index contributed by atoms with van der Waals surface area (Å²) in [7, 11) is 0. The lowest BCUT2D eigenvalue weighted by Gasteiger charge is -2.29. The standard InChI is InChI=1S/C15H14N5O3/c1-15(2)7-13(19-4-3-9(16)8-20(19)21)10-5-11-12(18-23-17-11)6-14(10)22-15/h3-8H,16H2,1-2H3/q+1. The zero-order valence-electron chi connectivity index (χ0n) is 12.6. The molecule has 0 atom stereocenters. The molecule has 2 N–H and O–H groups in total. The summed E-state index contributed by atoms with van der Waals surface area (Å²) in [6.45, 7) is 3.82. The van der Waals surface area contributed by atoms with E-state index in [-0.39, 0.29) is 0 Å². The van der Waals surface area contributed by atoms with E-state index < -0.39 is 5.60 Å². The number of anilines is 1. The van der Waals surface area contributed by atoms with Crippen LogP contribution in [0.5, 0.6) is 5.75 Å². The minimum Gasteiger partial charge on any atom is -0.483 e. The maximum atomic E-state index is 12.2. The van der Waals surface area contributed by atoms with Crippen molar-refractivity contribution in [1.82, 2.24) is 15.0 Å². The number of nitrogens with zero attached hydrogens (tertiary/aromatic N) is 4. The van der Waals surface area contributed by atoms with Gasteiger partial charge >= 0.3 is 0 Å². The van der Waals surface area contributed by atoms with E-state index in [0.29, 0.717) is 32.7 Å². The molecule has 0 spiro atoms. The zero-order valence-corrected chi connectivity index (χ0v) is 12.6. The van der Waals surface area contributed by atoms with Crippen molar-refractivity contribution in [2.45, 2.75) is 19.4 Å². The van der Waals surface area contributed by atoms with Gasteiger partial charge in [-0.15, -0.1) is 0 Å². The maximum Gasteiger partial charge on any atom is 0.280 e. The largest absolute Gasteiger partial charge is 0.483 e. The van der Waals surface area contributed by atoms with Crippen LogP contribution in [-0.4, -0.2) is 20.6 Å². The molecule has 4 rings (SSSR count). The molecule has 1 aliphatic rings. The summed E-state index contributed by atoms with van der Waals surface area (Å²) in [6.07, 6.45) is 4.79. The van der Waals surface area contributed by atoms with Gasteiger partial charge in [0.05, 0.1) is 11.1 Å². The van der Waals surface area contributed by atoms with Crippen LogP contribution in [0.4, 0.5) is 5.69 Å². The smallest absolute Gasteiger partial charge is 0.280 e. The first kappa shape index (κ1) is 13.5. The second kappa shape index (κ2) is 4.42. The lowest BCUT2D eigenvalue weighted by Crippen LogP contribution is -2.35. The van der Waals surface area contributed by atoms with Gasteiger partial charge in [-0.05, 0) is 42.4 Å². The Morgan fingerprint density at radius 2 is 2.00 bits per heavy atom. The van der Waals surface area contributed by atoms with E-state index in [1.807, 2.05) is 19.9 Å². The van der Waals surface area contributed by atoms with Crippen LogP contribution in [0.15, 0.2) is 41.3 Å². The Kier molecular flexibility index (Phi) is 2.59. The van der Waals surface area contributed by atoms with Gasteiger partial charge in [-0.2, -0.15) is 0 Å². The zero-order chi connectivity index (χ0) is 16.2. The molecule has 0 unspecified atom stereocenters. The topological polar surface area (TPSA) is 102 Å². The number of fused-ring (bicyclic) bond motifs is 2. The van der Waals surface area contributed by atoms with E-state index in [1.54, 1.807) is 24.4 Å². The van der Waals surface area contributed by atoms with Gasteiger partial charge < -0.3 is 10.5 Å². The van der Waals surface area contributed by atoms with Gasteiger partial charge in [0.15, 0.2) is 4.54 Å². The minimum absolute atomic E-state index is 0.388. The summed E-state index contributed by atoms with van der Waals surface area (Å²) in [5, 5.41) is 7.67. The van der Waals surface area contributed by atoms with Crippen molar-refractivity contribution in [1.29, 1.82) is 0 Å². The third kappa shape index (κ3) is 2.15. The van der Waals surface area contributed by atoms with Crippen LogP contribution in [0.1, 0.15) is 19.4 Å². The molecule has 0 saturated carbocycles. The molecule has 0 radical (unpaired) electrons. The van der Waals surface area contributed by atoms with Crippen LogP contribution in [0, 0.1) is 4.91 Å². The Morgan fingerprint density at radius 3 is 2.74 bits per heavy atom. The highest BCUT2D eigenvalue weighted by atomic mass is 16.6. The molecule has 1 aromatic carbocycles. The molecule has 3 aromatic rings. The van der Waals surface area contributed by atoms with Crippen LogP contribution < -0.4 is 15.0 Å². The lowest BCUT2D eigenvalue weighted by molar-refractivity contribution is -0.583. The maximum absolute atomic E-state index is 12.2.